The van der Waals surface area contributed by atoms with Crippen LogP contribution >= 0.6 is 0 Å². The number of hydrogen-bond donors (Lipinski definition) is 1. The Labute approximate surface area is 149 Å². The first-order valence-corrected chi connectivity index (χ1v) is 8.51. The van der Waals surface area contributed by atoms with E-state index in [1.165, 1.54) is 16.8 Å². The Balaban J connectivity index is 1.95. The minimum Gasteiger partial charge on any atom is -0.383 e. The van der Waals surface area contributed by atoms with Crippen molar-refractivity contribution in [3.8, 4) is 6.07 Å². The number of anilines is 1. The van der Waals surface area contributed by atoms with Crippen LogP contribution < -0.4 is 10.2 Å². The van der Waals surface area contributed by atoms with Crippen molar-refractivity contribution >= 4 is 11.6 Å². The zero-order valence-corrected chi connectivity index (χ0v) is 15.2. The molecule has 1 heterocycles. The normalized spacial score (nSPS) is 15.0. The molecule has 0 saturated carbocycles. The largest absolute Gasteiger partial charge is 0.383 e. The Morgan fingerprint density at radius 1 is 1.32 bits per heavy atom. The summed E-state index contributed by atoms with van der Waals surface area (Å²) in [5.41, 5.74) is 4.00. The average Bonchev–Trinajstić information content (AvgIpc) is 2.62. The lowest BCUT2D eigenvalue weighted by molar-refractivity contribution is -0.117. The molecule has 1 saturated heterocycles. The van der Waals surface area contributed by atoms with Gasteiger partial charge in [-0.15, -0.1) is 0 Å². The number of benzene rings is 1. The molecular weight excluding hydrogens is 316 g/mol. The lowest BCUT2D eigenvalue weighted by atomic mass is 10.1. The number of ether oxygens (including phenoxy) is 1. The Kier molecular flexibility index (Phi) is 6.84. The van der Waals surface area contributed by atoms with Gasteiger partial charge in [-0.2, -0.15) is 5.26 Å². The summed E-state index contributed by atoms with van der Waals surface area (Å²) in [7, 11) is 1.57. The highest BCUT2D eigenvalue weighted by Gasteiger charge is 2.18. The molecule has 0 aliphatic carbocycles. The predicted molar refractivity (Wildman–Crippen MR) is 98.3 cm³/mol. The predicted octanol–water partition coefficient (Wildman–Crippen LogP) is 1.60. The van der Waals surface area contributed by atoms with Crippen LogP contribution in [-0.4, -0.2) is 57.2 Å². The molecular formula is C19H26N4O2. The number of hydrogen-bond acceptors (Lipinski definition) is 5. The van der Waals surface area contributed by atoms with E-state index in [-0.39, 0.29) is 11.5 Å². The van der Waals surface area contributed by atoms with Crippen molar-refractivity contribution < 1.29 is 9.53 Å². The van der Waals surface area contributed by atoms with Gasteiger partial charge >= 0.3 is 0 Å². The smallest absolute Gasteiger partial charge is 0.263 e. The van der Waals surface area contributed by atoms with Gasteiger partial charge in [-0.05, 0) is 31.0 Å². The van der Waals surface area contributed by atoms with E-state index < -0.39 is 0 Å². The maximum Gasteiger partial charge on any atom is 0.263 e. The summed E-state index contributed by atoms with van der Waals surface area (Å²) in [4.78, 5) is 16.4. The number of nitrogens with one attached hydrogen (secondary N) is 1. The number of piperazine rings is 1. The zero-order chi connectivity index (χ0) is 18.2. The molecule has 134 valence electrons. The van der Waals surface area contributed by atoms with Crippen molar-refractivity contribution in [1.29, 1.82) is 5.26 Å². The number of carbonyl (C=O) groups is 1. The van der Waals surface area contributed by atoms with Gasteiger partial charge < -0.3 is 19.9 Å². The molecule has 1 aliphatic rings. The average molecular weight is 342 g/mol. The minimum atomic E-state index is -0.350. The van der Waals surface area contributed by atoms with E-state index in [4.69, 9.17) is 4.74 Å². The molecule has 25 heavy (non-hydrogen) atoms. The van der Waals surface area contributed by atoms with Crippen LogP contribution in [0.4, 0.5) is 5.69 Å². The summed E-state index contributed by atoms with van der Waals surface area (Å²) in [5.74, 6) is -0.350. The quantitative estimate of drug-likeness (QED) is 0.483. The third-order valence-corrected chi connectivity index (χ3v) is 4.50. The first kappa shape index (κ1) is 18.8. The van der Waals surface area contributed by atoms with Gasteiger partial charge in [0.15, 0.2) is 0 Å². The van der Waals surface area contributed by atoms with Crippen LogP contribution in [0.5, 0.6) is 0 Å². The molecule has 0 unspecified atom stereocenters. The van der Waals surface area contributed by atoms with Gasteiger partial charge in [-0.3, -0.25) is 4.79 Å². The molecule has 1 aliphatic heterocycles. The van der Waals surface area contributed by atoms with Gasteiger partial charge in [0.05, 0.1) is 6.61 Å². The van der Waals surface area contributed by atoms with Crippen molar-refractivity contribution in [2.45, 2.75) is 13.8 Å². The SMILES string of the molecule is COCCNC(=O)/C(C#N)=C\N1CCN(c2cccc(C)c2C)CC1. The second-order valence-electron chi connectivity index (χ2n) is 6.15. The second kappa shape index (κ2) is 9.09. The van der Waals surface area contributed by atoms with E-state index in [1.807, 2.05) is 11.0 Å². The molecule has 1 fully saturated rings. The monoisotopic (exact) mass is 342 g/mol. The molecule has 6 nitrogen and oxygen atoms in total. The Bertz CT molecular complexity index is 670. The van der Waals surface area contributed by atoms with E-state index >= 15 is 0 Å². The Morgan fingerprint density at radius 2 is 2.04 bits per heavy atom. The highest BCUT2D eigenvalue weighted by molar-refractivity contribution is 5.97. The van der Waals surface area contributed by atoms with Crippen molar-refractivity contribution in [3.05, 3.63) is 41.1 Å². The number of nitriles is 1. The topological polar surface area (TPSA) is 68.6 Å². The molecule has 1 amide bonds. The number of carbonyl (C=O) groups excluding carboxylic acids is 1. The van der Waals surface area contributed by atoms with Crippen LogP contribution in [0.15, 0.2) is 30.0 Å². The minimum absolute atomic E-state index is 0.135. The standard InChI is InChI=1S/C19H26N4O2/c1-15-5-4-6-18(16(15)2)23-10-8-22(9-11-23)14-17(13-20)19(24)21-7-12-25-3/h4-6,14H,7-12H2,1-3H3,(H,21,24)/b17-14-. The van der Waals surface area contributed by atoms with Crippen molar-refractivity contribution in [2.24, 2.45) is 0 Å². The summed E-state index contributed by atoms with van der Waals surface area (Å²) in [6.07, 6.45) is 1.67. The first-order chi connectivity index (χ1) is 12.1. The maximum atomic E-state index is 12.0. The Hall–Kier alpha value is -2.52. The maximum absolute atomic E-state index is 12.0. The van der Waals surface area contributed by atoms with Gasteiger partial charge in [0.25, 0.3) is 5.91 Å². The van der Waals surface area contributed by atoms with Crippen molar-refractivity contribution in [2.75, 3.05) is 51.3 Å². The molecule has 0 bridgehead atoms. The van der Waals surface area contributed by atoms with E-state index in [9.17, 15) is 10.1 Å². The van der Waals surface area contributed by atoms with E-state index in [2.05, 4.69) is 42.3 Å². The van der Waals surface area contributed by atoms with Gasteiger partial charge in [-0.25, -0.2) is 0 Å². The molecule has 0 aromatic heterocycles. The highest BCUT2D eigenvalue weighted by atomic mass is 16.5. The van der Waals surface area contributed by atoms with Crippen LogP contribution in [0, 0.1) is 25.2 Å². The fourth-order valence-corrected chi connectivity index (χ4v) is 2.85. The molecule has 6 heteroatoms. The van der Waals surface area contributed by atoms with Crippen molar-refractivity contribution in [3.63, 3.8) is 0 Å². The molecule has 0 atom stereocenters. The third-order valence-electron chi connectivity index (χ3n) is 4.50. The molecule has 0 spiro atoms. The number of aryl methyl sites for hydroxylation is 1. The highest BCUT2D eigenvalue weighted by Crippen LogP contribution is 2.23. The molecule has 1 aromatic rings. The van der Waals surface area contributed by atoms with E-state index in [0.29, 0.717) is 13.2 Å². The summed E-state index contributed by atoms with van der Waals surface area (Å²) in [6, 6.07) is 8.35. The van der Waals surface area contributed by atoms with E-state index in [0.717, 1.165) is 26.2 Å². The molecule has 1 aromatic carbocycles. The van der Waals surface area contributed by atoms with Gasteiger partial charge in [0.1, 0.15) is 11.6 Å². The number of rotatable bonds is 6. The molecule has 1 N–H and O–H groups in total. The van der Waals surface area contributed by atoms with Crippen LogP contribution in [0.1, 0.15) is 11.1 Å². The van der Waals surface area contributed by atoms with Gasteiger partial charge in [0, 0.05) is 51.7 Å². The van der Waals surface area contributed by atoms with Crippen LogP contribution in [0.3, 0.4) is 0 Å². The van der Waals surface area contributed by atoms with Crippen molar-refractivity contribution in [1.82, 2.24) is 10.2 Å². The fourth-order valence-electron chi connectivity index (χ4n) is 2.85. The van der Waals surface area contributed by atoms with Gasteiger partial charge in [0.2, 0.25) is 0 Å². The van der Waals surface area contributed by atoms with Crippen LogP contribution in [0.25, 0.3) is 0 Å². The number of nitrogens with zero attached hydrogens (tertiary/aromatic N) is 3. The third kappa shape index (κ3) is 4.97. The number of methoxy groups -OCH3 is 1. The Morgan fingerprint density at radius 3 is 2.68 bits per heavy atom. The van der Waals surface area contributed by atoms with Crippen LogP contribution in [0.2, 0.25) is 0 Å². The van der Waals surface area contributed by atoms with Gasteiger partial charge in [-0.1, -0.05) is 12.1 Å². The summed E-state index contributed by atoms with van der Waals surface area (Å²) in [6.45, 7) is 8.39. The first-order valence-electron chi connectivity index (χ1n) is 8.51. The summed E-state index contributed by atoms with van der Waals surface area (Å²) < 4.78 is 4.89. The summed E-state index contributed by atoms with van der Waals surface area (Å²) >= 11 is 0. The fraction of sp³-hybridized carbons (Fsp3) is 0.474. The lowest BCUT2D eigenvalue weighted by Crippen LogP contribution is -2.44. The second-order valence-corrected chi connectivity index (χ2v) is 6.15. The zero-order valence-electron chi connectivity index (χ0n) is 15.2. The summed E-state index contributed by atoms with van der Waals surface area (Å²) in [5, 5.41) is 11.9. The molecule has 0 radical (unpaired) electrons. The van der Waals surface area contributed by atoms with Crippen LogP contribution in [-0.2, 0) is 9.53 Å². The number of amides is 1. The molecule has 2 rings (SSSR count). The van der Waals surface area contributed by atoms with E-state index in [1.54, 1.807) is 13.3 Å². The lowest BCUT2D eigenvalue weighted by Gasteiger charge is -2.36.